The van der Waals surface area contributed by atoms with Gasteiger partial charge in [-0.15, -0.1) is 0 Å². The van der Waals surface area contributed by atoms with Gasteiger partial charge in [-0.3, -0.25) is 4.79 Å². The van der Waals surface area contributed by atoms with Crippen LogP contribution < -0.4 is 4.72 Å². The topological polar surface area (TPSA) is 76.1 Å². The third kappa shape index (κ3) is 3.54. The third-order valence-corrected chi connectivity index (χ3v) is 3.46. The van der Waals surface area contributed by atoms with Crippen molar-refractivity contribution in [1.82, 2.24) is 9.71 Å². The van der Waals surface area contributed by atoms with Gasteiger partial charge in [0, 0.05) is 11.8 Å². The molecule has 0 unspecified atom stereocenters. The Bertz CT molecular complexity index is 549. The van der Waals surface area contributed by atoms with E-state index in [9.17, 15) is 13.2 Å². The molecule has 17 heavy (non-hydrogen) atoms. The SMILES string of the molecule is CC=C(C)C(=O)NS(=O)(=O)c1ccc(Cl)cn1. The molecule has 0 aliphatic heterocycles. The van der Waals surface area contributed by atoms with Gasteiger partial charge in [0.05, 0.1) is 5.02 Å². The molecule has 0 spiro atoms. The van der Waals surface area contributed by atoms with Crippen molar-refractivity contribution in [3.05, 3.63) is 35.0 Å². The standard InChI is InChI=1S/C10H11ClN2O3S/c1-3-7(2)10(14)13-17(15,16)9-5-4-8(11)6-12-9/h3-6H,1-2H3,(H,13,14). The highest BCUT2D eigenvalue weighted by molar-refractivity contribution is 7.90. The number of amides is 1. The van der Waals surface area contributed by atoms with E-state index in [1.165, 1.54) is 31.3 Å². The fourth-order valence-electron chi connectivity index (χ4n) is 0.907. The van der Waals surface area contributed by atoms with Gasteiger partial charge in [0.2, 0.25) is 0 Å². The monoisotopic (exact) mass is 274 g/mol. The largest absolute Gasteiger partial charge is 0.281 e. The number of carbonyl (C=O) groups excluding carboxylic acids is 1. The van der Waals surface area contributed by atoms with Crippen molar-refractivity contribution in [3.8, 4) is 0 Å². The molecule has 1 aromatic rings. The van der Waals surface area contributed by atoms with E-state index in [1.54, 1.807) is 6.92 Å². The summed E-state index contributed by atoms with van der Waals surface area (Å²) in [6, 6.07) is 2.61. The molecule has 0 bridgehead atoms. The molecule has 0 fully saturated rings. The van der Waals surface area contributed by atoms with Gasteiger partial charge in [-0.2, -0.15) is 8.42 Å². The number of sulfonamides is 1. The van der Waals surface area contributed by atoms with Gasteiger partial charge in [0.1, 0.15) is 0 Å². The summed E-state index contributed by atoms with van der Waals surface area (Å²) >= 11 is 5.59. The van der Waals surface area contributed by atoms with Crippen molar-refractivity contribution in [2.24, 2.45) is 0 Å². The van der Waals surface area contributed by atoms with Crippen LogP contribution in [0.25, 0.3) is 0 Å². The van der Waals surface area contributed by atoms with Crippen LogP contribution in [0, 0.1) is 0 Å². The summed E-state index contributed by atoms with van der Waals surface area (Å²) in [7, 11) is -3.94. The highest BCUT2D eigenvalue weighted by Gasteiger charge is 2.19. The predicted molar refractivity (Wildman–Crippen MR) is 64.0 cm³/mol. The van der Waals surface area contributed by atoms with Crippen molar-refractivity contribution in [2.45, 2.75) is 18.9 Å². The summed E-state index contributed by atoms with van der Waals surface area (Å²) in [4.78, 5) is 15.1. The molecule has 92 valence electrons. The first-order chi connectivity index (χ1) is 7.86. The molecule has 0 aliphatic carbocycles. The molecule has 5 nitrogen and oxygen atoms in total. The smallest absolute Gasteiger partial charge is 0.269 e. The van der Waals surface area contributed by atoms with E-state index in [2.05, 4.69) is 4.98 Å². The summed E-state index contributed by atoms with van der Waals surface area (Å²) in [6.45, 7) is 3.15. The van der Waals surface area contributed by atoms with E-state index in [-0.39, 0.29) is 5.03 Å². The molecular formula is C10H11ClN2O3S. The number of pyridine rings is 1. The minimum Gasteiger partial charge on any atom is -0.269 e. The van der Waals surface area contributed by atoms with E-state index in [0.29, 0.717) is 10.6 Å². The normalized spacial score (nSPS) is 12.3. The van der Waals surface area contributed by atoms with E-state index in [0.717, 1.165) is 0 Å². The summed E-state index contributed by atoms with van der Waals surface area (Å²) in [6.07, 6.45) is 2.71. The number of nitrogens with zero attached hydrogens (tertiary/aromatic N) is 1. The molecule has 1 heterocycles. The van der Waals surface area contributed by atoms with E-state index >= 15 is 0 Å². The molecule has 1 amide bonds. The Morgan fingerprint density at radius 3 is 2.59 bits per heavy atom. The molecule has 1 N–H and O–H groups in total. The summed E-state index contributed by atoms with van der Waals surface area (Å²) in [5, 5.41) is 0.0686. The van der Waals surface area contributed by atoms with Crippen molar-refractivity contribution in [2.75, 3.05) is 0 Å². The molecule has 0 saturated heterocycles. The molecular weight excluding hydrogens is 264 g/mol. The van der Waals surface area contributed by atoms with E-state index in [1.807, 2.05) is 4.72 Å². The number of hydrogen-bond acceptors (Lipinski definition) is 4. The Labute approximate surface area is 105 Å². The van der Waals surface area contributed by atoms with Gasteiger partial charge in [0.15, 0.2) is 5.03 Å². The summed E-state index contributed by atoms with van der Waals surface area (Å²) < 4.78 is 25.3. The number of rotatable bonds is 3. The van der Waals surface area contributed by atoms with Crippen LogP contribution in [0.3, 0.4) is 0 Å². The maximum atomic E-state index is 11.7. The number of aromatic nitrogens is 1. The lowest BCUT2D eigenvalue weighted by Gasteiger charge is -2.05. The van der Waals surface area contributed by atoms with Crippen molar-refractivity contribution in [1.29, 1.82) is 0 Å². The zero-order chi connectivity index (χ0) is 13.1. The van der Waals surface area contributed by atoms with Crippen molar-refractivity contribution in [3.63, 3.8) is 0 Å². The first-order valence-electron chi connectivity index (χ1n) is 4.68. The second-order valence-electron chi connectivity index (χ2n) is 3.22. The number of nitrogens with one attached hydrogen (secondary N) is 1. The molecule has 1 rings (SSSR count). The highest BCUT2D eigenvalue weighted by Crippen LogP contribution is 2.10. The fourth-order valence-corrected chi connectivity index (χ4v) is 1.97. The lowest BCUT2D eigenvalue weighted by molar-refractivity contribution is -0.115. The molecule has 0 atom stereocenters. The number of hydrogen-bond donors (Lipinski definition) is 1. The van der Waals surface area contributed by atoms with Gasteiger partial charge in [0.25, 0.3) is 15.9 Å². The Morgan fingerprint density at radius 1 is 1.47 bits per heavy atom. The van der Waals surface area contributed by atoms with Crippen LogP contribution in [0.1, 0.15) is 13.8 Å². The number of carbonyl (C=O) groups is 1. The molecule has 0 saturated carbocycles. The van der Waals surface area contributed by atoms with Crippen LogP contribution in [0.2, 0.25) is 5.02 Å². The van der Waals surface area contributed by atoms with Gasteiger partial charge in [-0.25, -0.2) is 9.71 Å². The molecule has 0 radical (unpaired) electrons. The average molecular weight is 275 g/mol. The number of allylic oxidation sites excluding steroid dienone is 1. The Hall–Kier alpha value is -1.40. The number of halogens is 1. The maximum absolute atomic E-state index is 11.7. The third-order valence-electron chi connectivity index (χ3n) is 1.99. The molecule has 1 aromatic heterocycles. The highest BCUT2D eigenvalue weighted by atomic mass is 35.5. The zero-order valence-corrected chi connectivity index (χ0v) is 10.8. The van der Waals surface area contributed by atoms with Crippen molar-refractivity contribution < 1.29 is 13.2 Å². The van der Waals surface area contributed by atoms with Gasteiger partial charge < -0.3 is 0 Å². The fraction of sp³-hybridized carbons (Fsp3) is 0.200. The molecule has 0 aliphatic rings. The molecule has 0 aromatic carbocycles. The van der Waals surface area contributed by atoms with Gasteiger partial charge in [-0.05, 0) is 26.0 Å². The summed E-state index contributed by atoms with van der Waals surface area (Å²) in [5.74, 6) is -0.677. The summed E-state index contributed by atoms with van der Waals surface area (Å²) in [5.41, 5.74) is 0.308. The zero-order valence-electron chi connectivity index (χ0n) is 9.27. The van der Waals surface area contributed by atoms with Crippen LogP contribution in [0.4, 0.5) is 0 Å². The Kier molecular flexibility index (Phi) is 4.25. The average Bonchev–Trinajstić information content (AvgIpc) is 2.27. The van der Waals surface area contributed by atoms with Gasteiger partial charge >= 0.3 is 0 Å². The molecule has 7 heteroatoms. The maximum Gasteiger partial charge on any atom is 0.281 e. The van der Waals surface area contributed by atoms with Crippen LogP contribution in [0.5, 0.6) is 0 Å². The minimum absolute atomic E-state index is 0.251. The van der Waals surface area contributed by atoms with Crippen LogP contribution in [-0.2, 0) is 14.8 Å². The lowest BCUT2D eigenvalue weighted by atomic mass is 10.3. The van der Waals surface area contributed by atoms with Crippen LogP contribution in [0.15, 0.2) is 35.0 Å². The van der Waals surface area contributed by atoms with E-state index in [4.69, 9.17) is 11.6 Å². The quantitative estimate of drug-likeness (QED) is 0.848. The second-order valence-corrected chi connectivity index (χ2v) is 5.29. The van der Waals surface area contributed by atoms with Crippen LogP contribution >= 0.6 is 11.6 Å². The Balaban J connectivity index is 2.97. The Morgan fingerprint density at radius 2 is 2.12 bits per heavy atom. The van der Waals surface area contributed by atoms with Gasteiger partial charge in [-0.1, -0.05) is 17.7 Å². The second kappa shape index (κ2) is 5.29. The minimum atomic E-state index is -3.94. The van der Waals surface area contributed by atoms with Crippen molar-refractivity contribution >= 4 is 27.5 Å². The van der Waals surface area contributed by atoms with Crippen LogP contribution in [-0.4, -0.2) is 19.3 Å². The first kappa shape index (κ1) is 13.7. The lowest BCUT2D eigenvalue weighted by Crippen LogP contribution is -2.31. The first-order valence-corrected chi connectivity index (χ1v) is 6.54. The van der Waals surface area contributed by atoms with E-state index < -0.39 is 15.9 Å². The predicted octanol–water partition coefficient (Wildman–Crippen LogP) is 1.51.